The van der Waals surface area contributed by atoms with E-state index in [0.717, 1.165) is 41.5 Å². The summed E-state index contributed by atoms with van der Waals surface area (Å²) in [6.45, 7) is 12.8. The molecule has 28 heavy (non-hydrogen) atoms. The van der Waals surface area contributed by atoms with Crippen LogP contribution in [0.2, 0.25) is 0 Å². The smallest absolute Gasteiger partial charge is 0.160 e. The molecule has 0 radical (unpaired) electrons. The maximum atomic E-state index is 13.7. The highest BCUT2D eigenvalue weighted by atomic mass is 16.3. The topological polar surface area (TPSA) is 57.5 Å². The molecule has 0 bridgehead atoms. The summed E-state index contributed by atoms with van der Waals surface area (Å²) in [5.74, 6) is 0.406. The summed E-state index contributed by atoms with van der Waals surface area (Å²) >= 11 is 0. The van der Waals surface area contributed by atoms with Crippen LogP contribution in [0.3, 0.4) is 0 Å². The molecule has 3 aliphatic carbocycles. The fourth-order valence-corrected chi connectivity index (χ4v) is 7.58. The lowest BCUT2D eigenvalue weighted by molar-refractivity contribution is -0.172. The van der Waals surface area contributed by atoms with Crippen LogP contribution in [0.25, 0.3) is 5.57 Å². The van der Waals surface area contributed by atoms with Crippen molar-refractivity contribution in [2.75, 3.05) is 0 Å². The molecule has 0 aromatic heterocycles. The number of aromatic hydroxyl groups is 1. The third-order valence-corrected chi connectivity index (χ3v) is 8.42. The van der Waals surface area contributed by atoms with E-state index in [1.165, 1.54) is 0 Å². The van der Waals surface area contributed by atoms with Crippen molar-refractivity contribution in [1.82, 2.24) is 0 Å². The number of benzene rings is 1. The number of phenolic OH excluding ortho intramolecular Hbond substituents is 1. The third-order valence-electron chi connectivity index (χ3n) is 8.42. The first-order chi connectivity index (χ1) is 12.9. The molecule has 0 spiro atoms. The highest BCUT2D eigenvalue weighted by Gasteiger charge is 2.64. The van der Waals surface area contributed by atoms with E-state index in [1.54, 1.807) is 6.08 Å². The van der Waals surface area contributed by atoms with Crippen LogP contribution in [-0.2, 0) is 10.2 Å². The molecular formula is C25H34O3. The predicted molar refractivity (Wildman–Crippen MR) is 112 cm³/mol. The van der Waals surface area contributed by atoms with Crippen molar-refractivity contribution >= 4 is 11.4 Å². The Bertz CT molecular complexity index is 880. The van der Waals surface area contributed by atoms with Crippen molar-refractivity contribution in [3.63, 3.8) is 0 Å². The average molecular weight is 383 g/mol. The monoisotopic (exact) mass is 382 g/mol. The van der Waals surface area contributed by atoms with Gasteiger partial charge in [-0.25, -0.2) is 0 Å². The minimum absolute atomic E-state index is 0.0206. The minimum Gasteiger partial charge on any atom is -0.508 e. The molecule has 0 aliphatic heterocycles. The van der Waals surface area contributed by atoms with Gasteiger partial charge in [0.05, 0.1) is 6.10 Å². The summed E-state index contributed by atoms with van der Waals surface area (Å²) in [6, 6.07) is 3.86. The second-order valence-electron chi connectivity index (χ2n) is 10.9. The lowest BCUT2D eigenvalue weighted by Gasteiger charge is -2.63. The molecule has 5 atom stereocenters. The lowest BCUT2D eigenvalue weighted by Crippen LogP contribution is -2.63. The molecule has 3 nitrogen and oxygen atoms in total. The number of ketones is 1. The van der Waals surface area contributed by atoms with Gasteiger partial charge in [-0.15, -0.1) is 0 Å². The zero-order valence-electron chi connectivity index (χ0n) is 18.1. The lowest BCUT2D eigenvalue weighted by atomic mass is 9.41. The van der Waals surface area contributed by atoms with Gasteiger partial charge in [0, 0.05) is 11.3 Å². The number of carbonyl (C=O) groups excluding carboxylic acids is 1. The van der Waals surface area contributed by atoms with Gasteiger partial charge >= 0.3 is 0 Å². The van der Waals surface area contributed by atoms with Gasteiger partial charge in [-0.3, -0.25) is 4.79 Å². The number of allylic oxidation sites excluding steroid dienone is 2. The zero-order valence-corrected chi connectivity index (χ0v) is 18.1. The summed E-state index contributed by atoms with van der Waals surface area (Å²) in [5, 5.41) is 21.8. The average Bonchev–Trinajstić information content (AvgIpc) is 2.61. The molecule has 0 heterocycles. The van der Waals surface area contributed by atoms with Crippen LogP contribution in [0.4, 0.5) is 0 Å². The highest BCUT2D eigenvalue weighted by Crippen LogP contribution is 2.65. The van der Waals surface area contributed by atoms with E-state index in [4.69, 9.17) is 0 Å². The molecule has 2 saturated carbocycles. The van der Waals surface area contributed by atoms with Crippen LogP contribution in [0.1, 0.15) is 77.0 Å². The SMILES string of the molecule is CC1=CC(=O)C2C(C)(CC(O)C3C(C)(C)CCCC32C)c2cc(C)c(O)cc21. The van der Waals surface area contributed by atoms with Crippen molar-refractivity contribution in [2.24, 2.45) is 22.7 Å². The van der Waals surface area contributed by atoms with Crippen molar-refractivity contribution in [3.05, 3.63) is 34.9 Å². The molecule has 1 aromatic carbocycles. The number of aliphatic hydroxyl groups is 1. The van der Waals surface area contributed by atoms with Crippen LogP contribution in [0, 0.1) is 29.6 Å². The Hall–Kier alpha value is -1.61. The van der Waals surface area contributed by atoms with Gasteiger partial charge < -0.3 is 10.2 Å². The third kappa shape index (κ3) is 2.48. The maximum Gasteiger partial charge on any atom is 0.160 e. The fourth-order valence-electron chi connectivity index (χ4n) is 7.58. The number of hydrogen-bond acceptors (Lipinski definition) is 3. The zero-order chi connectivity index (χ0) is 20.6. The van der Waals surface area contributed by atoms with Crippen LogP contribution in [0.5, 0.6) is 5.75 Å². The first-order valence-electron chi connectivity index (χ1n) is 10.7. The molecule has 1 aromatic rings. The van der Waals surface area contributed by atoms with E-state index in [-0.39, 0.29) is 34.2 Å². The van der Waals surface area contributed by atoms with Crippen molar-refractivity contribution in [1.29, 1.82) is 0 Å². The van der Waals surface area contributed by atoms with Gasteiger partial charge in [-0.2, -0.15) is 0 Å². The maximum absolute atomic E-state index is 13.7. The molecule has 2 fully saturated rings. The molecule has 3 aliphatic rings. The summed E-state index contributed by atoms with van der Waals surface area (Å²) < 4.78 is 0. The molecule has 0 saturated heterocycles. The van der Waals surface area contributed by atoms with Gasteiger partial charge in [0.1, 0.15) is 5.75 Å². The number of phenols is 1. The van der Waals surface area contributed by atoms with Crippen LogP contribution < -0.4 is 0 Å². The van der Waals surface area contributed by atoms with E-state index in [9.17, 15) is 15.0 Å². The Balaban J connectivity index is 2.00. The van der Waals surface area contributed by atoms with E-state index in [2.05, 4.69) is 33.8 Å². The molecule has 5 unspecified atom stereocenters. The van der Waals surface area contributed by atoms with E-state index in [0.29, 0.717) is 6.42 Å². The number of hydrogen-bond donors (Lipinski definition) is 2. The van der Waals surface area contributed by atoms with Gasteiger partial charge in [-0.05, 0) is 84.3 Å². The summed E-state index contributed by atoms with van der Waals surface area (Å²) in [7, 11) is 0. The van der Waals surface area contributed by atoms with Crippen molar-refractivity contribution < 1.29 is 15.0 Å². The number of aryl methyl sites for hydroxylation is 1. The Labute approximate surface area is 168 Å². The molecule has 3 heteroatoms. The van der Waals surface area contributed by atoms with Gasteiger partial charge in [0.15, 0.2) is 5.78 Å². The first-order valence-corrected chi connectivity index (χ1v) is 10.7. The predicted octanol–water partition coefficient (Wildman–Crippen LogP) is 5.16. The number of fused-ring (bicyclic) bond motifs is 5. The van der Waals surface area contributed by atoms with E-state index in [1.807, 2.05) is 19.9 Å². The Morgan fingerprint density at radius 3 is 2.43 bits per heavy atom. The molecule has 0 amide bonds. The quantitative estimate of drug-likeness (QED) is 0.652. The van der Waals surface area contributed by atoms with Gasteiger partial charge in [0.2, 0.25) is 0 Å². The Morgan fingerprint density at radius 1 is 1.07 bits per heavy atom. The van der Waals surface area contributed by atoms with E-state index >= 15 is 0 Å². The van der Waals surface area contributed by atoms with Crippen LogP contribution in [0.15, 0.2) is 18.2 Å². The van der Waals surface area contributed by atoms with Crippen molar-refractivity contribution in [2.45, 2.75) is 78.7 Å². The molecule has 4 rings (SSSR count). The second-order valence-corrected chi connectivity index (χ2v) is 10.9. The number of carbonyl (C=O) groups is 1. The molecule has 152 valence electrons. The summed E-state index contributed by atoms with van der Waals surface area (Å²) in [5.41, 5.74) is 3.13. The first kappa shape index (κ1) is 19.7. The largest absolute Gasteiger partial charge is 0.508 e. The minimum atomic E-state index is -0.447. The van der Waals surface area contributed by atoms with E-state index < -0.39 is 11.5 Å². The number of aliphatic hydroxyl groups excluding tert-OH is 1. The summed E-state index contributed by atoms with van der Waals surface area (Å²) in [6.07, 6.45) is 5.12. The standard InChI is InChI=1S/C25H34O3/c1-14-11-19(27)22-24(5)9-7-8-23(3,4)21(24)20(28)13-25(22,6)17-10-15(2)18(26)12-16(14)17/h10-12,20-22,26,28H,7-9,13H2,1-6H3. The van der Waals surface area contributed by atoms with Crippen LogP contribution in [-0.4, -0.2) is 22.1 Å². The highest BCUT2D eigenvalue weighted by molar-refractivity contribution is 6.01. The number of rotatable bonds is 0. The fraction of sp³-hybridized carbons (Fsp3) is 0.640. The Kier molecular flexibility index (Phi) is 4.18. The van der Waals surface area contributed by atoms with Crippen molar-refractivity contribution in [3.8, 4) is 5.75 Å². The van der Waals surface area contributed by atoms with Gasteiger partial charge in [-0.1, -0.05) is 40.2 Å². The summed E-state index contributed by atoms with van der Waals surface area (Å²) in [4.78, 5) is 13.7. The Morgan fingerprint density at radius 2 is 1.75 bits per heavy atom. The molecule has 2 N–H and O–H groups in total. The normalized spacial score (nSPS) is 39.3. The van der Waals surface area contributed by atoms with Gasteiger partial charge in [0.25, 0.3) is 0 Å². The molecular weight excluding hydrogens is 348 g/mol. The second kappa shape index (κ2) is 5.95. The van der Waals surface area contributed by atoms with Crippen LogP contribution >= 0.6 is 0 Å².